The van der Waals surface area contributed by atoms with Crippen LogP contribution in [0.3, 0.4) is 0 Å². The fourth-order valence-corrected chi connectivity index (χ4v) is 4.20. The van der Waals surface area contributed by atoms with Crippen LogP contribution >= 0.6 is 11.8 Å². The molecule has 140 valence electrons. The molecule has 1 heterocycles. The zero-order valence-electron chi connectivity index (χ0n) is 14.7. The van der Waals surface area contributed by atoms with Gasteiger partial charge in [-0.05, 0) is 30.2 Å². The zero-order chi connectivity index (χ0) is 19.4. The van der Waals surface area contributed by atoms with Gasteiger partial charge in [0.05, 0.1) is 10.9 Å². The number of carbonyl (C=O) groups is 3. The molecule has 0 bridgehead atoms. The van der Waals surface area contributed by atoms with Gasteiger partial charge in [-0.2, -0.15) is 5.90 Å². The van der Waals surface area contributed by atoms with Crippen molar-refractivity contribution < 1.29 is 19.2 Å². The van der Waals surface area contributed by atoms with Gasteiger partial charge in [0.25, 0.3) is 0 Å². The molecule has 1 aliphatic heterocycles. The third-order valence-corrected chi connectivity index (χ3v) is 5.30. The van der Waals surface area contributed by atoms with Crippen LogP contribution in [-0.4, -0.2) is 29.6 Å². The van der Waals surface area contributed by atoms with E-state index in [1.807, 2.05) is 30.3 Å². The Labute approximate surface area is 160 Å². The van der Waals surface area contributed by atoms with Gasteiger partial charge >= 0.3 is 5.97 Å². The van der Waals surface area contributed by atoms with E-state index in [0.717, 1.165) is 10.5 Å². The minimum atomic E-state index is -0.703. The number of anilines is 2. The smallest absolute Gasteiger partial charge is 0.344 e. The summed E-state index contributed by atoms with van der Waals surface area (Å²) in [5, 5.41) is 2.33. The average Bonchev–Trinajstić information content (AvgIpc) is 2.65. The van der Waals surface area contributed by atoms with Gasteiger partial charge < -0.3 is 10.2 Å². The summed E-state index contributed by atoms with van der Waals surface area (Å²) >= 11 is 1.41. The lowest BCUT2D eigenvalue weighted by Gasteiger charge is -2.33. The third kappa shape index (κ3) is 4.47. The van der Waals surface area contributed by atoms with E-state index in [0.29, 0.717) is 17.8 Å². The molecule has 0 spiro atoms. The standard InChI is InChI=1S/C19H19N3O4S/c1-12(23)21-14-7-8-15-16(10-14)27-17(9-13-5-3-2-4-6-13)19(25)22(15)11-18(24)26-20/h2-8,10,17H,9,11,20H2,1H3,(H,21,23). The molecule has 2 amide bonds. The lowest BCUT2D eigenvalue weighted by molar-refractivity contribution is -0.143. The number of nitrogens with one attached hydrogen (secondary N) is 1. The molecule has 2 aromatic carbocycles. The minimum absolute atomic E-state index is 0.184. The number of rotatable bonds is 5. The first-order chi connectivity index (χ1) is 13.0. The van der Waals surface area contributed by atoms with Gasteiger partial charge in [0.15, 0.2) is 0 Å². The van der Waals surface area contributed by atoms with E-state index in [1.165, 1.54) is 23.6 Å². The molecule has 2 aromatic rings. The predicted octanol–water partition coefficient (Wildman–Crippen LogP) is 2.11. The number of benzene rings is 2. The maximum atomic E-state index is 13.0. The summed E-state index contributed by atoms with van der Waals surface area (Å²) in [5.74, 6) is 3.88. The van der Waals surface area contributed by atoms with E-state index in [9.17, 15) is 14.4 Å². The van der Waals surface area contributed by atoms with Crippen LogP contribution in [0.1, 0.15) is 12.5 Å². The van der Waals surface area contributed by atoms with Crippen molar-refractivity contribution in [1.82, 2.24) is 0 Å². The van der Waals surface area contributed by atoms with E-state index in [1.54, 1.807) is 18.2 Å². The second-order valence-electron chi connectivity index (χ2n) is 6.07. The summed E-state index contributed by atoms with van der Waals surface area (Å²) in [4.78, 5) is 42.5. The third-order valence-electron chi connectivity index (χ3n) is 4.06. The Morgan fingerprint density at radius 3 is 2.63 bits per heavy atom. The van der Waals surface area contributed by atoms with E-state index >= 15 is 0 Å². The number of hydrogen-bond donors (Lipinski definition) is 2. The number of fused-ring (bicyclic) bond motifs is 1. The topological polar surface area (TPSA) is 102 Å². The van der Waals surface area contributed by atoms with E-state index < -0.39 is 11.2 Å². The first-order valence-corrected chi connectivity index (χ1v) is 9.19. The van der Waals surface area contributed by atoms with Crippen LogP contribution in [-0.2, 0) is 25.6 Å². The Morgan fingerprint density at radius 2 is 1.96 bits per heavy atom. The number of nitrogens with zero attached hydrogens (tertiary/aromatic N) is 1. The predicted molar refractivity (Wildman–Crippen MR) is 103 cm³/mol. The van der Waals surface area contributed by atoms with Gasteiger partial charge in [-0.15, -0.1) is 11.8 Å². The number of nitrogens with two attached hydrogens (primary N) is 1. The van der Waals surface area contributed by atoms with Crippen LogP contribution < -0.4 is 16.1 Å². The second kappa shape index (κ2) is 8.24. The number of hydrogen-bond acceptors (Lipinski definition) is 6. The van der Waals surface area contributed by atoms with Gasteiger partial charge in [0.2, 0.25) is 11.8 Å². The maximum absolute atomic E-state index is 13.0. The Bertz CT molecular complexity index is 873. The van der Waals surface area contributed by atoms with Crippen molar-refractivity contribution in [3.05, 3.63) is 54.1 Å². The maximum Gasteiger partial charge on any atom is 0.344 e. The van der Waals surface area contributed by atoms with Gasteiger partial charge in [0, 0.05) is 17.5 Å². The van der Waals surface area contributed by atoms with E-state index in [2.05, 4.69) is 10.2 Å². The normalized spacial score (nSPS) is 15.9. The van der Waals surface area contributed by atoms with Crippen molar-refractivity contribution >= 4 is 40.9 Å². The summed E-state index contributed by atoms with van der Waals surface area (Å²) in [5.41, 5.74) is 2.24. The zero-order valence-corrected chi connectivity index (χ0v) is 15.5. The quantitative estimate of drug-likeness (QED) is 0.765. The van der Waals surface area contributed by atoms with Crippen molar-refractivity contribution in [1.29, 1.82) is 0 Å². The molecule has 3 rings (SSSR count). The van der Waals surface area contributed by atoms with E-state index in [4.69, 9.17) is 5.90 Å². The molecule has 3 N–H and O–H groups in total. The highest BCUT2D eigenvalue weighted by Crippen LogP contribution is 2.41. The van der Waals surface area contributed by atoms with Crippen molar-refractivity contribution in [3.8, 4) is 0 Å². The van der Waals surface area contributed by atoms with Crippen LogP contribution in [0.15, 0.2) is 53.4 Å². The summed E-state index contributed by atoms with van der Waals surface area (Å²) in [6.07, 6.45) is 0.516. The Morgan fingerprint density at radius 1 is 1.22 bits per heavy atom. The van der Waals surface area contributed by atoms with Crippen molar-refractivity contribution in [2.24, 2.45) is 5.90 Å². The van der Waals surface area contributed by atoms with Gasteiger partial charge in [-0.3, -0.25) is 14.5 Å². The molecule has 0 saturated heterocycles. The monoisotopic (exact) mass is 385 g/mol. The van der Waals surface area contributed by atoms with Crippen LogP contribution in [0.4, 0.5) is 11.4 Å². The molecule has 27 heavy (non-hydrogen) atoms. The fraction of sp³-hybridized carbons (Fsp3) is 0.211. The lowest BCUT2D eigenvalue weighted by atomic mass is 10.1. The second-order valence-corrected chi connectivity index (χ2v) is 7.32. The molecular formula is C19H19N3O4S. The molecule has 0 fully saturated rings. The molecule has 1 aliphatic rings. The van der Waals surface area contributed by atoms with Crippen molar-refractivity contribution in [2.75, 3.05) is 16.8 Å². The fourth-order valence-electron chi connectivity index (χ4n) is 2.90. The molecule has 0 saturated carbocycles. The average molecular weight is 385 g/mol. The van der Waals surface area contributed by atoms with Crippen molar-refractivity contribution in [2.45, 2.75) is 23.5 Å². The number of thioether (sulfide) groups is 1. The molecule has 1 atom stereocenters. The number of carbonyl (C=O) groups excluding carboxylic acids is 3. The van der Waals surface area contributed by atoms with Crippen molar-refractivity contribution in [3.63, 3.8) is 0 Å². The highest BCUT2D eigenvalue weighted by atomic mass is 32.2. The Hall–Kier alpha value is -2.84. The van der Waals surface area contributed by atoms with Gasteiger partial charge in [0.1, 0.15) is 6.54 Å². The largest absolute Gasteiger partial charge is 0.372 e. The molecule has 0 aromatic heterocycles. The van der Waals surface area contributed by atoms with Gasteiger partial charge in [-0.25, -0.2) is 4.79 Å². The highest BCUT2D eigenvalue weighted by molar-refractivity contribution is 8.01. The molecular weight excluding hydrogens is 366 g/mol. The minimum Gasteiger partial charge on any atom is -0.372 e. The van der Waals surface area contributed by atoms with E-state index in [-0.39, 0.29) is 18.4 Å². The summed E-state index contributed by atoms with van der Waals surface area (Å²) in [7, 11) is 0. The molecule has 8 heteroatoms. The van der Waals surface area contributed by atoms with Crippen LogP contribution in [0, 0.1) is 0 Å². The molecule has 1 unspecified atom stereocenters. The molecule has 7 nitrogen and oxygen atoms in total. The first-order valence-electron chi connectivity index (χ1n) is 8.31. The molecule has 0 aliphatic carbocycles. The number of amides is 2. The summed E-state index contributed by atoms with van der Waals surface area (Å²) in [6.45, 7) is 1.16. The van der Waals surface area contributed by atoms with Crippen LogP contribution in [0.2, 0.25) is 0 Å². The Kier molecular flexibility index (Phi) is 5.78. The summed E-state index contributed by atoms with van der Waals surface area (Å²) in [6, 6.07) is 14.8. The van der Waals surface area contributed by atoms with Crippen LogP contribution in [0.5, 0.6) is 0 Å². The Balaban J connectivity index is 1.94. The van der Waals surface area contributed by atoms with Crippen LogP contribution in [0.25, 0.3) is 0 Å². The first kappa shape index (κ1) is 18.9. The summed E-state index contributed by atoms with van der Waals surface area (Å²) < 4.78 is 0. The van der Waals surface area contributed by atoms with Gasteiger partial charge in [-0.1, -0.05) is 30.3 Å². The highest BCUT2D eigenvalue weighted by Gasteiger charge is 2.35. The lowest BCUT2D eigenvalue weighted by Crippen LogP contribution is -2.45. The molecule has 0 radical (unpaired) electrons. The SMILES string of the molecule is CC(=O)Nc1ccc2c(c1)SC(Cc1ccccc1)C(=O)N2CC(=O)ON.